The average molecular weight is 272 g/mol. The van der Waals surface area contributed by atoms with E-state index in [4.69, 9.17) is 0 Å². The van der Waals surface area contributed by atoms with Crippen LogP contribution in [-0.2, 0) is 9.84 Å². The summed E-state index contributed by atoms with van der Waals surface area (Å²) in [6.45, 7) is 1.59. The Morgan fingerprint density at radius 1 is 1.50 bits per heavy atom. The van der Waals surface area contributed by atoms with Crippen LogP contribution in [0.15, 0.2) is 23.1 Å². The van der Waals surface area contributed by atoms with Crippen molar-refractivity contribution in [3.05, 3.63) is 24.0 Å². The van der Waals surface area contributed by atoms with Crippen LogP contribution >= 0.6 is 0 Å². The number of hydrogen-bond donors (Lipinski definition) is 2. The molecule has 1 aliphatic heterocycles. The molecule has 1 aliphatic rings. The van der Waals surface area contributed by atoms with E-state index in [9.17, 15) is 12.8 Å². The van der Waals surface area contributed by atoms with Gasteiger partial charge >= 0.3 is 0 Å². The van der Waals surface area contributed by atoms with Crippen LogP contribution in [0.3, 0.4) is 0 Å². The van der Waals surface area contributed by atoms with Crippen LogP contribution in [0.2, 0.25) is 0 Å². The zero-order valence-corrected chi connectivity index (χ0v) is 11.1. The van der Waals surface area contributed by atoms with E-state index in [0.29, 0.717) is 12.6 Å². The zero-order valence-electron chi connectivity index (χ0n) is 10.2. The molecule has 0 bridgehead atoms. The molecule has 0 aromatic heterocycles. The first-order valence-corrected chi connectivity index (χ1v) is 7.83. The van der Waals surface area contributed by atoms with E-state index in [2.05, 4.69) is 10.6 Å². The maximum Gasteiger partial charge on any atom is 0.175 e. The second-order valence-electron chi connectivity index (χ2n) is 4.59. The van der Waals surface area contributed by atoms with Gasteiger partial charge in [0, 0.05) is 18.8 Å². The number of sulfone groups is 1. The quantitative estimate of drug-likeness (QED) is 0.813. The molecule has 2 N–H and O–H groups in total. The van der Waals surface area contributed by atoms with E-state index in [1.165, 1.54) is 18.2 Å². The summed E-state index contributed by atoms with van der Waals surface area (Å²) in [5.41, 5.74) is 0.242. The fraction of sp³-hybridized carbons (Fsp3) is 0.500. The molecular formula is C12H17FN2O2S. The predicted octanol–water partition coefficient (Wildman–Crippen LogP) is 1.39. The van der Waals surface area contributed by atoms with Crippen LogP contribution in [0.1, 0.15) is 12.8 Å². The molecule has 100 valence electrons. The molecule has 0 radical (unpaired) electrons. The van der Waals surface area contributed by atoms with Gasteiger partial charge in [-0.2, -0.15) is 0 Å². The van der Waals surface area contributed by atoms with Crippen molar-refractivity contribution >= 4 is 15.5 Å². The predicted molar refractivity (Wildman–Crippen MR) is 69.0 cm³/mol. The Bertz CT molecular complexity index is 525. The standard InChI is InChI=1S/C12H17FN2O2S/c1-18(16,17)10-4-5-11(13)12(7-10)15-8-9-3-2-6-14-9/h4-5,7,9,14-15H,2-3,6,8H2,1H3. The number of anilines is 1. The van der Waals surface area contributed by atoms with Crippen LogP contribution < -0.4 is 10.6 Å². The third-order valence-corrected chi connectivity index (χ3v) is 4.18. The Hall–Kier alpha value is -1.14. The summed E-state index contributed by atoms with van der Waals surface area (Å²) in [5.74, 6) is -0.430. The highest BCUT2D eigenvalue weighted by Gasteiger charge is 2.15. The van der Waals surface area contributed by atoms with Crippen molar-refractivity contribution in [3.8, 4) is 0 Å². The van der Waals surface area contributed by atoms with E-state index >= 15 is 0 Å². The van der Waals surface area contributed by atoms with E-state index in [1.54, 1.807) is 0 Å². The molecule has 1 aromatic rings. The third-order valence-electron chi connectivity index (χ3n) is 3.07. The minimum atomic E-state index is -3.30. The Kier molecular flexibility index (Phi) is 3.87. The van der Waals surface area contributed by atoms with Crippen molar-refractivity contribution in [3.63, 3.8) is 0 Å². The molecule has 0 spiro atoms. The molecule has 1 aromatic carbocycles. The number of halogens is 1. The van der Waals surface area contributed by atoms with Crippen LogP contribution in [0.4, 0.5) is 10.1 Å². The van der Waals surface area contributed by atoms with Gasteiger partial charge in [0.1, 0.15) is 5.82 Å². The first-order valence-electron chi connectivity index (χ1n) is 5.94. The first kappa shape index (κ1) is 13.3. The second-order valence-corrected chi connectivity index (χ2v) is 6.60. The van der Waals surface area contributed by atoms with E-state index in [0.717, 1.165) is 25.6 Å². The van der Waals surface area contributed by atoms with Gasteiger partial charge in [-0.05, 0) is 37.6 Å². The van der Waals surface area contributed by atoms with Crippen molar-refractivity contribution in [1.29, 1.82) is 0 Å². The van der Waals surface area contributed by atoms with E-state index < -0.39 is 15.7 Å². The SMILES string of the molecule is CS(=O)(=O)c1ccc(F)c(NCC2CCCN2)c1. The van der Waals surface area contributed by atoms with Gasteiger partial charge in [-0.3, -0.25) is 0 Å². The van der Waals surface area contributed by atoms with Crippen molar-refractivity contribution in [2.45, 2.75) is 23.8 Å². The molecule has 6 heteroatoms. The molecule has 18 heavy (non-hydrogen) atoms. The lowest BCUT2D eigenvalue weighted by molar-refractivity contribution is 0.599. The molecule has 1 saturated heterocycles. The van der Waals surface area contributed by atoms with Crippen LogP contribution in [0.25, 0.3) is 0 Å². The lowest BCUT2D eigenvalue weighted by atomic mass is 10.2. The highest BCUT2D eigenvalue weighted by molar-refractivity contribution is 7.90. The summed E-state index contributed by atoms with van der Waals surface area (Å²) in [6, 6.07) is 4.13. The fourth-order valence-electron chi connectivity index (χ4n) is 2.03. The Balaban J connectivity index is 2.11. The van der Waals surface area contributed by atoms with E-state index in [-0.39, 0.29) is 10.6 Å². The smallest absolute Gasteiger partial charge is 0.175 e. The third kappa shape index (κ3) is 3.20. The van der Waals surface area contributed by atoms with Crippen LogP contribution in [0, 0.1) is 5.82 Å². The molecule has 0 saturated carbocycles. The van der Waals surface area contributed by atoms with Crippen molar-refractivity contribution in [2.24, 2.45) is 0 Å². The zero-order chi connectivity index (χ0) is 13.2. The lowest BCUT2D eigenvalue weighted by Crippen LogP contribution is -2.29. The van der Waals surface area contributed by atoms with Crippen molar-refractivity contribution in [1.82, 2.24) is 5.32 Å². The van der Waals surface area contributed by atoms with Crippen LogP contribution in [-0.4, -0.2) is 33.8 Å². The number of rotatable bonds is 4. The average Bonchev–Trinajstić information content (AvgIpc) is 2.79. The van der Waals surface area contributed by atoms with Crippen molar-refractivity contribution in [2.75, 3.05) is 24.7 Å². The van der Waals surface area contributed by atoms with Gasteiger partial charge in [0.25, 0.3) is 0 Å². The molecule has 0 aliphatic carbocycles. The largest absolute Gasteiger partial charge is 0.381 e. The highest BCUT2D eigenvalue weighted by atomic mass is 32.2. The molecule has 2 rings (SSSR count). The maximum atomic E-state index is 13.6. The molecule has 1 fully saturated rings. The highest BCUT2D eigenvalue weighted by Crippen LogP contribution is 2.20. The van der Waals surface area contributed by atoms with Crippen LogP contribution in [0.5, 0.6) is 0 Å². The second kappa shape index (κ2) is 5.24. The molecule has 0 amide bonds. The summed E-state index contributed by atoms with van der Waals surface area (Å²) in [5, 5.41) is 6.25. The molecular weight excluding hydrogens is 255 g/mol. The van der Waals surface area contributed by atoms with Gasteiger partial charge < -0.3 is 10.6 Å². The molecule has 4 nitrogen and oxygen atoms in total. The van der Waals surface area contributed by atoms with Gasteiger partial charge in [0.2, 0.25) is 0 Å². The summed E-state index contributed by atoms with van der Waals surface area (Å²) >= 11 is 0. The number of nitrogens with one attached hydrogen (secondary N) is 2. The molecule has 1 heterocycles. The number of hydrogen-bond acceptors (Lipinski definition) is 4. The summed E-state index contributed by atoms with van der Waals surface area (Å²) in [6.07, 6.45) is 3.29. The van der Waals surface area contributed by atoms with Gasteiger partial charge in [0.15, 0.2) is 9.84 Å². The Labute approximate surface area is 107 Å². The van der Waals surface area contributed by atoms with Gasteiger partial charge in [-0.15, -0.1) is 0 Å². The number of benzene rings is 1. The summed E-state index contributed by atoms with van der Waals surface area (Å²) < 4.78 is 36.3. The summed E-state index contributed by atoms with van der Waals surface area (Å²) in [4.78, 5) is 0.130. The minimum Gasteiger partial charge on any atom is -0.381 e. The maximum absolute atomic E-state index is 13.6. The molecule has 1 atom stereocenters. The van der Waals surface area contributed by atoms with Gasteiger partial charge in [-0.1, -0.05) is 0 Å². The minimum absolute atomic E-state index is 0.130. The van der Waals surface area contributed by atoms with E-state index in [1.807, 2.05) is 0 Å². The van der Waals surface area contributed by atoms with Gasteiger partial charge in [0.05, 0.1) is 10.6 Å². The topological polar surface area (TPSA) is 58.2 Å². The lowest BCUT2D eigenvalue weighted by Gasteiger charge is -2.13. The monoisotopic (exact) mass is 272 g/mol. The normalized spacial score (nSPS) is 20.0. The first-order chi connectivity index (χ1) is 8.47. The summed E-state index contributed by atoms with van der Waals surface area (Å²) in [7, 11) is -3.30. The fourth-order valence-corrected chi connectivity index (χ4v) is 2.68. The molecule has 1 unspecified atom stereocenters. The Morgan fingerprint density at radius 2 is 2.28 bits per heavy atom. The van der Waals surface area contributed by atoms with Gasteiger partial charge in [-0.25, -0.2) is 12.8 Å². The van der Waals surface area contributed by atoms with Crippen molar-refractivity contribution < 1.29 is 12.8 Å². The Morgan fingerprint density at radius 3 is 2.89 bits per heavy atom.